The Morgan fingerprint density at radius 3 is 1.22 bits per heavy atom. The molecule has 9 nitrogen and oxygen atoms in total. The van der Waals surface area contributed by atoms with Gasteiger partial charge in [-0.15, -0.1) is 0 Å². The Labute approximate surface area is 344 Å². The molecule has 0 saturated carbocycles. The molecule has 0 aliphatic rings. The molecule has 0 fully saturated rings. The normalized spacial score (nSPS) is 11.2. The molecule has 6 rings (SSSR count). The summed E-state index contributed by atoms with van der Waals surface area (Å²) in [6, 6.07) is 21.9. The summed E-state index contributed by atoms with van der Waals surface area (Å²) in [5.74, 6) is -0.349. The van der Waals surface area contributed by atoms with Crippen molar-refractivity contribution >= 4 is 75.2 Å². The number of benzene rings is 3. The third-order valence-corrected chi connectivity index (χ3v) is 7.77. The number of aromatic nitrogens is 6. The van der Waals surface area contributed by atoms with Crippen molar-refractivity contribution in [1.29, 1.82) is 0 Å². The maximum atomic E-state index is 12.8. The first-order chi connectivity index (χ1) is 26.9. The number of nitrogens with zero attached hydrogens (tertiary/aromatic N) is 6. The Kier molecular flexibility index (Phi) is 16.7. The Hall–Kier alpha value is -5.17. The number of aryl methyl sites for hydroxylation is 3. The molecule has 0 radical (unpaired) electrons. The number of halogens is 13. The van der Waals surface area contributed by atoms with Gasteiger partial charge in [-0.1, -0.05) is 76.3 Å². The SMILES string of the molecule is Cc1ccc(N)cc1.Cc1ccc(Nc2nc(Cl)ncc2C(F)(F)F)cc1.Cc1ccc(Nc2ncc(C(F)(F)F)c(Cl)n2)cc1.FC(F)(F)c1cnc(Cl)nc1Cl. The molecular weight excluding hydrogens is 871 g/mol. The van der Waals surface area contributed by atoms with Gasteiger partial charge in [-0.05, 0) is 80.4 Å². The van der Waals surface area contributed by atoms with E-state index in [4.69, 9.17) is 52.1 Å². The Morgan fingerprint density at radius 2 is 0.828 bits per heavy atom. The first-order valence-corrected chi connectivity index (χ1v) is 17.4. The van der Waals surface area contributed by atoms with Gasteiger partial charge in [-0.25, -0.2) is 24.9 Å². The average molecular weight is 899 g/mol. The van der Waals surface area contributed by atoms with Crippen LogP contribution in [0.5, 0.6) is 0 Å². The van der Waals surface area contributed by atoms with Crippen LogP contribution >= 0.6 is 46.4 Å². The van der Waals surface area contributed by atoms with E-state index >= 15 is 0 Å². The van der Waals surface area contributed by atoms with Crippen LogP contribution in [0.15, 0.2) is 91.4 Å². The summed E-state index contributed by atoms with van der Waals surface area (Å²) in [4.78, 5) is 20.4. The Bertz CT molecular complexity index is 2220. The van der Waals surface area contributed by atoms with E-state index in [-0.39, 0.29) is 22.3 Å². The van der Waals surface area contributed by atoms with Crippen LogP contribution in [0.1, 0.15) is 33.4 Å². The quantitative estimate of drug-likeness (QED) is 0.0686. The number of nitrogen functional groups attached to an aromatic ring is 1. The van der Waals surface area contributed by atoms with E-state index in [0.717, 1.165) is 16.8 Å². The number of hydrogen-bond acceptors (Lipinski definition) is 9. The lowest BCUT2D eigenvalue weighted by Crippen LogP contribution is -2.11. The molecule has 3 heterocycles. The van der Waals surface area contributed by atoms with Gasteiger partial charge in [0.15, 0.2) is 0 Å². The topological polar surface area (TPSA) is 127 Å². The van der Waals surface area contributed by atoms with Gasteiger partial charge in [0.1, 0.15) is 32.8 Å². The zero-order valence-electron chi connectivity index (χ0n) is 29.8. The van der Waals surface area contributed by atoms with Gasteiger partial charge < -0.3 is 16.4 Å². The molecule has 308 valence electrons. The molecule has 0 spiro atoms. The predicted molar refractivity (Wildman–Crippen MR) is 206 cm³/mol. The van der Waals surface area contributed by atoms with E-state index in [1.807, 2.05) is 57.2 Å². The van der Waals surface area contributed by atoms with Gasteiger partial charge in [0.05, 0.1) is 0 Å². The van der Waals surface area contributed by atoms with Gasteiger partial charge >= 0.3 is 18.5 Å². The summed E-state index contributed by atoms with van der Waals surface area (Å²) in [7, 11) is 0. The minimum Gasteiger partial charge on any atom is -0.399 e. The third-order valence-electron chi connectivity index (χ3n) is 6.83. The molecule has 0 unspecified atom stereocenters. The van der Waals surface area contributed by atoms with E-state index in [1.54, 1.807) is 36.4 Å². The molecule has 4 N–H and O–H groups in total. The molecule has 0 aliphatic carbocycles. The molecule has 3 aromatic carbocycles. The fraction of sp³-hybridized carbons (Fsp3) is 0.167. The third kappa shape index (κ3) is 15.6. The van der Waals surface area contributed by atoms with Gasteiger partial charge in [0, 0.05) is 35.7 Å². The molecular formula is C36H28Cl4F9N9. The lowest BCUT2D eigenvalue weighted by Gasteiger charge is -2.13. The second-order valence-corrected chi connectivity index (χ2v) is 12.9. The van der Waals surface area contributed by atoms with Crippen LogP contribution in [0, 0.1) is 20.8 Å². The molecule has 0 bridgehead atoms. The minimum absolute atomic E-state index is 0.0156. The van der Waals surface area contributed by atoms with Gasteiger partial charge in [-0.2, -0.15) is 44.5 Å². The summed E-state index contributed by atoms with van der Waals surface area (Å²) in [5.41, 5.74) is 7.63. The average Bonchev–Trinajstić information content (AvgIpc) is 3.11. The summed E-state index contributed by atoms with van der Waals surface area (Å²) in [6.07, 6.45) is -11.8. The van der Waals surface area contributed by atoms with E-state index in [9.17, 15) is 39.5 Å². The second-order valence-electron chi connectivity index (χ2n) is 11.5. The number of alkyl halides is 9. The minimum atomic E-state index is -4.56. The van der Waals surface area contributed by atoms with Crippen LogP contribution in [0.2, 0.25) is 20.9 Å². The van der Waals surface area contributed by atoms with Gasteiger partial charge in [0.25, 0.3) is 0 Å². The lowest BCUT2D eigenvalue weighted by atomic mass is 10.2. The number of hydrogen-bond donors (Lipinski definition) is 3. The summed E-state index contributed by atoms with van der Waals surface area (Å²) in [6.45, 7) is 5.85. The van der Waals surface area contributed by atoms with Crippen molar-refractivity contribution in [2.24, 2.45) is 0 Å². The highest BCUT2D eigenvalue weighted by atomic mass is 35.5. The highest BCUT2D eigenvalue weighted by molar-refractivity contribution is 6.32. The highest BCUT2D eigenvalue weighted by Gasteiger charge is 2.36. The number of nitrogens with two attached hydrogens (primary N) is 1. The molecule has 0 aliphatic heterocycles. The second kappa shape index (κ2) is 20.5. The molecule has 0 saturated heterocycles. The van der Waals surface area contributed by atoms with Crippen molar-refractivity contribution in [3.8, 4) is 0 Å². The summed E-state index contributed by atoms with van der Waals surface area (Å²) in [5, 5.41) is 3.49. The zero-order chi connectivity index (χ0) is 43.4. The van der Waals surface area contributed by atoms with Crippen molar-refractivity contribution in [3.63, 3.8) is 0 Å². The van der Waals surface area contributed by atoms with Crippen molar-refractivity contribution in [3.05, 3.63) is 146 Å². The standard InChI is InChI=1S/2C12H9ClF3N3.C7H9N.C5HCl2F3N2/c1-7-2-4-8(5-3-7)18-10-9(12(14,15)16)6-17-11(13)19-10;1-7-2-4-8(5-3-7)18-11-17-6-9(10(13)19-11)12(14,15)16;1-6-2-4-7(8)5-3-6;6-3-2(5(8,9)10)1-11-4(7)12-3/h2*2-6H,1H3,(H,17,18,19);2-5H,8H2,1H3;1H. The van der Waals surface area contributed by atoms with E-state index < -0.39 is 45.5 Å². The molecule has 6 aromatic rings. The maximum Gasteiger partial charge on any atom is 0.421 e. The molecule has 0 amide bonds. The van der Waals surface area contributed by atoms with Crippen LogP contribution in [0.4, 0.5) is 68.3 Å². The maximum absolute atomic E-state index is 12.8. The van der Waals surface area contributed by atoms with E-state index in [1.165, 1.54) is 5.56 Å². The fourth-order valence-electron chi connectivity index (χ4n) is 3.91. The lowest BCUT2D eigenvalue weighted by molar-refractivity contribution is -0.138. The van der Waals surface area contributed by atoms with Crippen molar-refractivity contribution < 1.29 is 39.5 Å². The Balaban J connectivity index is 0.000000217. The summed E-state index contributed by atoms with van der Waals surface area (Å²) < 4.78 is 112. The van der Waals surface area contributed by atoms with Crippen molar-refractivity contribution in [2.45, 2.75) is 39.3 Å². The van der Waals surface area contributed by atoms with Crippen LogP contribution in [0.25, 0.3) is 0 Å². The van der Waals surface area contributed by atoms with Crippen molar-refractivity contribution in [2.75, 3.05) is 16.4 Å². The van der Waals surface area contributed by atoms with Crippen LogP contribution in [0.3, 0.4) is 0 Å². The van der Waals surface area contributed by atoms with E-state index in [0.29, 0.717) is 30.0 Å². The number of anilines is 5. The molecule has 3 aromatic heterocycles. The van der Waals surface area contributed by atoms with E-state index in [2.05, 4.69) is 40.5 Å². The predicted octanol–water partition coefficient (Wildman–Crippen LogP) is 12.8. The zero-order valence-corrected chi connectivity index (χ0v) is 32.9. The smallest absolute Gasteiger partial charge is 0.399 e. The Morgan fingerprint density at radius 1 is 0.466 bits per heavy atom. The molecule has 58 heavy (non-hydrogen) atoms. The number of rotatable bonds is 4. The highest BCUT2D eigenvalue weighted by Crippen LogP contribution is 2.36. The molecule has 0 atom stereocenters. The summed E-state index contributed by atoms with van der Waals surface area (Å²) >= 11 is 21.4. The first kappa shape index (κ1) is 47.2. The van der Waals surface area contributed by atoms with Crippen LogP contribution in [-0.4, -0.2) is 29.9 Å². The van der Waals surface area contributed by atoms with Crippen molar-refractivity contribution in [1.82, 2.24) is 29.9 Å². The van der Waals surface area contributed by atoms with Crippen LogP contribution < -0.4 is 16.4 Å². The fourth-order valence-corrected chi connectivity index (χ4v) is 4.69. The largest absolute Gasteiger partial charge is 0.421 e. The van der Waals surface area contributed by atoms with Gasteiger partial charge in [-0.3, -0.25) is 0 Å². The number of nitrogens with one attached hydrogen (secondary N) is 2. The molecule has 22 heteroatoms. The van der Waals surface area contributed by atoms with Gasteiger partial charge in [0.2, 0.25) is 16.5 Å². The van der Waals surface area contributed by atoms with Crippen LogP contribution in [-0.2, 0) is 18.5 Å². The first-order valence-electron chi connectivity index (χ1n) is 15.9. The monoisotopic (exact) mass is 897 g/mol.